The van der Waals surface area contributed by atoms with E-state index in [9.17, 15) is 0 Å². The average Bonchev–Trinajstić information content (AvgIpc) is 2.37. The molecule has 0 fully saturated rings. The van der Waals surface area contributed by atoms with Crippen LogP contribution >= 0.6 is 0 Å². The minimum Gasteiger partial charge on any atom is -0.343 e. The Kier molecular flexibility index (Phi) is 2.80. The van der Waals surface area contributed by atoms with E-state index in [1.807, 2.05) is 19.9 Å². The third-order valence-corrected chi connectivity index (χ3v) is 1.31. The molecule has 0 atom stereocenters. The molecular weight excluding hydrogens is 150 g/mol. The summed E-state index contributed by atoms with van der Waals surface area (Å²) in [6.45, 7) is 7.65. The molecule has 0 radical (unpaired) electrons. The Hall–Kier alpha value is -1.38. The molecule has 1 heterocycles. The van der Waals surface area contributed by atoms with E-state index in [0.717, 1.165) is 11.5 Å². The predicted octanol–water partition coefficient (Wildman–Crippen LogP) is 1.49. The molecule has 0 amide bonds. The molecule has 0 aromatic heterocycles. The second kappa shape index (κ2) is 3.85. The minimum atomic E-state index is 0.269. The number of amidine groups is 1. The third-order valence-electron chi connectivity index (χ3n) is 1.31. The molecule has 0 unspecified atom stereocenters. The van der Waals surface area contributed by atoms with Gasteiger partial charge in [0.05, 0.1) is 12.0 Å². The van der Waals surface area contributed by atoms with Gasteiger partial charge >= 0.3 is 0 Å². The standard InChI is InChI=1S/C9H13N3/c1-4-5-8-9(11-6-10-8)12-7(2)3/h4-7H,1H2,2-3H3,(H,10,11,12)/b8-5+. The van der Waals surface area contributed by atoms with Crippen LogP contribution in [0.1, 0.15) is 13.8 Å². The van der Waals surface area contributed by atoms with Crippen molar-refractivity contribution in [2.45, 2.75) is 19.9 Å². The van der Waals surface area contributed by atoms with Gasteiger partial charge in [0.25, 0.3) is 0 Å². The molecule has 0 saturated heterocycles. The van der Waals surface area contributed by atoms with Crippen molar-refractivity contribution in [2.24, 2.45) is 9.98 Å². The maximum Gasteiger partial charge on any atom is 0.173 e. The van der Waals surface area contributed by atoms with Crippen LogP contribution in [0.2, 0.25) is 0 Å². The fraction of sp³-hybridized carbons (Fsp3) is 0.333. The highest BCUT2D eigenvalue weighted by Crippen LogP contribution is 2.03. The van der Waals surface area contributed by atoms with Crippen molar-refractivity contribution in [3.63, 3.8) is 0 Å². The van der Waals surface area contributed by atoms with Gasteiger partial charge in [-0.1, -0.05) is 12.7 Å². The molecule has 1 rings (SSSR count). The van der Waals surface area contributed by atoms with Crippen LogP contribution in [0.4, 0.5) is 0 Å². The number of allylic oxidation sites excluding steroid dienone is 2. The zero-order valence-corrected chi connectivity index (χ0v) is 7.41. The summed E-state index contributed by atoms with van der Waals surface area (Å²) in [5.41, 5.74) is 0.915. The second-order valence-electron chi connectivity index (χ2n) is 2.77. The summed E-state index contributed by atoms with van der Waals surface area (Å²) in [4.78, 5) is 8.39. The van der Waals surface area contributed by atoms with Gasteiger partial charge in [-0.2, -0.15) is 0 Å². The number of nitrogens with one attached hydrogen (secondary N) is 1. The van der Waals surface area contributed by atoms with Gasteiger partial charge in [-0.15, -0.1) is 0 Å². The molecule has 1 N–H and O–H groups in total. The van der Waals surface area contributed by atoms with Crippen molar-refractivity contribution in [1.82, 2.24) is 5.32 Å². The molecule has 1 aliphatic heterocycles. The fourth-order valence-corrected chi connectivity index (χ4v) is 0.885. The van der Waals surface area contributed by atoms with E-state index in [4.69, 9.17) is 0 Å². The van der Waals surface area contributed by atoms with E-state index in [1.54, 1.807) is 12.4 Å². The van der Waals surface area contributed by atoms with Crippen LogP contribution in [0.5, 0.6) is 0 Å². The summed E-state index contributed by atoms with van der Waals surface area (Å²) in [5.74, 6) is 0.755. The zero-order valence-electron chi connectivity index (χ0n) is 7.41. The first-order valence-electron chi connectivity index (χ1n) is 3.94. The molecule has 1 aliphatic rings. The van der Waals surface area contributed by atoms with E-state index in [1.165, 1.54) is 0 Å². The first kappa shape index (κ1) is 8.71. The molecule has 0 aliphatic carbocycles. The Morgan fingerprint density at radius 2 is 2.42 bits per heavy atom. The average molecular weight is 163 g/mol. The first-order chi connectivity index (χ1) is 5.74. The summed E-state index contributed by atoms with van der Waals surface area (Å²) < 4.78 is 0. The molecule has 3 nitrogen and oxygen atoms in total. The second-order valence-corrected chi connectivity index (χ2v) is 2.77. The number of rotatable bonds is 2. The predicted molar refractivity (Wildman–Crippen MR) is 52.5 cm³/mol. The van der Waals surface area contributed by atoms with E-state index in [2.05, 4.69) is 21.9 Å². The van der Waals surface area contributed by atoms with E-state index >= 15 is 0 Å². The van der Waals surface area contributed by atoms with Crippen molar-refractivity contribution >= 4 is 12.2 Å². The third kappa shape index (κ3) is 2.05. The van der Waals surface area contributed by atoms with Gasteiger partial charge in [-0.3, -0.25) is 4.99 Å². The van der Waals surface area contributed by atoms with E-state index in [-0.39, 0.29) is 6.04 Å². The lowest BCUT2D eigenvalue weighted by atomic mass is 10.3. The summed E-state index contributed by atoms with van der Waals surface area (Å²) in [5, 5.41) is 2.98. The minimum absolute atomic E-state index is 0.269. The maximum absolute atomic E-state index is 4.32. The monoisotopic (exact) mass is 163 g/mol. The van der Waals surface area contributed by atoms with Crippen LogP contribution in [-0.4, -0.2) is 18.2 Å². The number of aliphatic imine (C=N–C) groups is 2. The summed E-state index contributed by atoms with van der Waals surface area (Å²) in [6.07, 6.45) is 5.21. The normalized spacial score (nSPS) is 22.2. The van der Waals surface area contributed by atoms with Crippen molar-refractivity contribution < 1.29 is 0 Å². The van der Waals surface area contributed by atoms with Crippen LogP contribution < -0.4 is 5.32 Å². The quantitative estimate of drug-likeness (QED) is 0.658. The fourth-order valence-electron chi connectivity index (χ4n) is 0.885. The highest BCUT2D eigenvalue weighted by atomic mass is 15.1. The van der Waals surface area contributed by atoms with Gasteiger partial charge in [0.1, 0.15) is 0 Å². The highest BCUT2D eigenvalue weighted by Gasteiger charge is 2.08. The van der Waals surface area contributed by atoms with Crippen LogP contribution in [0.15, 0.2) is 34.4 Å². The molecule has 3 heteroatoms. The zero-order chi connectivity index (χ0) is 8.97. The lowest BCUT2D eigenvalue weighted by molar-refractivity contribution is 0.834. The largest absolute Gasteiger partial charge is 0.343 e. The summed E-state index contributed by atoms with van der Waals surface area (Å²) in [7, 11) is 0. The number of hydrogen-bond donors (Lipinski definition) is 1. The number of nitrogens with zero attached hydrogens (tertiary/aromatic N) is 2. The van der Waals surface area contributed by atoms with E-state index < -0.39 is 0 Å². The number of hydrogen-bond acceptors (Lipinski definition) is 2. The van der Waals surface area contributed by atoms with Gasteiger partial charge in [0, 0.05) is 6.04 Å². The first-order valence-corrected chi connectivity index (χ1v) is 3.94. The maximum atomic E-state index is 4.32. The van der Waals surface area contributed by atoms with E-state index in [0.29, 0.717) is 0 Å². The Morgan fingerprint density at radius 3 is 3.00 bits per heavy atom. The van der Waals surface area contributed by atoms with Gasteiger partial charge in [-0.25, -0.2) is 4.99 Å². The lowest BCUT2D eigenvalue weighted by Crippen LogP contribution is -2.09. The molecule has 12 heavy (non-hydrogen) atoms. The topological polar surface area (TPSA) is 36.8 Å². The molecule has 0 saturated carbocycles. The molecule has 64 valence electrons. The SMILES string of the molecule is C=C/C=C1/NC=NC1=NC(C)C. The van der Waals surface area contributed by atoms with Crippen LogP contribution in [-0.2, 0) is 0 Å². The highest BCUT2D eigenvalue weighted by molar-refractivity contribution is 6.08. The smallest absolute Gasteiger partial charge is 0.173 e. The molecule has 0 aromatic carbocycles. The van der Waals surface area contributed by atoms with Crippen LogP contribution in [0.3, 0.4) is 0 Å². The van der Waals surface area contributed by atoms with Crippen LogP contribution in [0, 0.1) is 0 Å². The van der Waals surface area contributed by atoms with Crippen molar-refractivity contribution in [3.8, 4) is 0 Å². The van der Waals surface area contributed by atoms with Gasteiger partial charge in [-0.05, 0) is 19.9 Å². The molecule has 0 bridgehead atoms. The Morgan fingerprint density at radius 1 is 1.67 bits per heavy atom. The van der Waals surface area contributed by atoms with Crippen LogP contribution in [0.25, 0.3) is 0 Å². The molecule has 0 spiro atoms. The van der Waals surface area contributed by atoms with Crippen molar-refractivity contribution in [1.29, 1.82) is 0 Å². The molecular formula is C9H13N3. The van der Waals surface area contributed by atoms with Crippen molar-refractivity contribution in [2.75, 3.05) is 0 Å². The Labute approximate surface area is 72.6 Å². The molecule has 0 aromatic rings. The van der Waals surface area contributed by atoms with Crippen molar-refractivity contribution in [3.05, 3.63) is 24.4 Å². The van der Waals surface area contributed by atoms with Gasteiger partial charge in [0.15, 0.2) is 5.84 Å². The summed E-state index contributed by atoms with van der Waals surface area (Å²) in [6, 6.07) is 0.269. The van der Waals surface area contributed by atoms with Gasteiger partial charge < -0.3 is 5.32 Å². The Balaban J connectivity index is 2.82. The lowest BCUT2D eigenvalue weighted by Gasteiger charge is -1.99. The Bertz CT molecular complexity index is 259. The summed E-state index contributed by atoms with van der Waals surface area (Å²) >= 11 is 0. The van der Waals surface area contributed by atoms with Gasteiger partial charge in [0.2, 0.25) is 0 Å².